The van der Waals surface area contributed by atoms with Crippen LogP contribution in [0.3, 0.4) is 0 Å². The molecule has 0 bridgehead atoms. The molecule has 1 aliphatic rings. The minimum absolute atomic E-state index is 0.401. The molecule has 1 unspecified atom stereocenters. The van der Waals surface area contributed by atoms with Crippen molar-refractivity contribution >= 4 is 11.4 Å². The van der Waals surface area contributed by atoms with Gasteiger partial charge in [-0.1, -0.05) is 18.2 Å². The van der Waals surface area contributed by atoms with Crippen molar-refractivity contribution in [2.45, 2.75) is 25.8 Å². The zero-order chi connectivity index (χ0) is 13.2. The van der Waals surface area contributed by atoms with Gasteiger partial charge in [0.2, 0.25) is 0 Å². The number of nitrogens with two attached hydrogens (primary N) is 1. The number of aromatic nitrogens is 1. The predicted octanol–water partition coefficient (Wildman–Crippen LogP) is 3.31. The van der Waals surface area contributed by atoms with Crippen LogP contribution in [0.15, 0.2) is 42.7 Å². The quantitative estimate of drug-likeness (QED) is 0.835. The first-order chi connectivity index (χ1) is 9.27. The lowest BCUT2D eigenvalue weighted by atomic mass is 10.1. The van der Waals surface area contributed by atoms with Gasteiger partial charge in [0.1, 0.15) is 0 Å². The highest BCUT2D eigenvalue weighted by Crippen LogP contribution is 2.39. The van der Waals surface area contributed by atoms with Crippen LogP contribution in [-0.4, -0.2) is 11.5 Å². The van der Waals surface area contributed by atoms with E-state index >= 15 is 0 Å². The van der Waals surface area contributed by atoms with Crippen LogP contribution >= 0.6 is 0 Å². The summed E-state index contributed by atoms with van der Waals surface area (Å²) in [6, 6.07) is 10.8. The fourth-order valence-corrected chi connectivity index (χ4v) is 2.89. The van der Waals surface area contributed by atoms with Crippen LogP contribution < -0.4 is 10.6 Å². The summed E-state index contributed by atoms with van der Waals surface area (Å²) in [7, 11) is 0. The third-order valence-corrected chi connectivity index (χ3v) is 3.93. The SMILES string of the molecule is Cc1cccc(N2CCCC2c2cccnc2)c1N. The molecule has 2 heterocycles. The fraction of sp³-hybridized carbons (Fsp3) is 0.312. The van der Waals surface area contributed by atoms with Gasteiger partial charge in [-0.3, -0.25) is 4.98 Å². The highest BCUT2D eigenvalue weighted by atomic mass is 15.2. The lowest BCUT2D eigenvalue weighted by Crippen LogP contribution is -2.23. The van der Waals surface area contributed by atoms with Gasteiger partial charge >= 0.3 is 0 Å². The van der Waals surface area contributed by atoms with E-state index in [1.165, 1.54) is 18.4 Å². The van der Waals surface area contributed by atoms with Gasteiger partial charge in [0.15, 0.2) is 0 Å². The van der Waals surface area contributed by atoms with E-state index in [0.29, 0.717) is 6.04 Å². The van der Waals surface area contributed by atoms with Gasteiger partial charge in [-0.15, -0.1) is 0 Å². The highest BCUT2D eigenvalue weighted by molar-refractivity contribution is 5.71. The van der Waals surface area contributed by atoms with Crippen LogP contribution in [0.4, 0.5) is 11.4 Å². The molecule has 1 saturated heterocycles. The summed E-state index contributed by atoms with van der Waals surface area (Å²) in [5.41, 5.74) is 10.7. The smallest absolute Gasteiger partial charge is 0.0607 e. The molecule has 98 valence electrons. The summed E-state index contributed by atoms with van der Waals surface area (Å²) in [5.74, 6) is 0. The Bertz CT molecular complexity index is 565. The summed E-state index contributed by atoms with van der Waals surface area (Å²) >= 11 is 0. The van der Waals surface area contributed by atoms with Crippen LogP contribution in [0.25, 0.3) is 0 Å². The number of para-hydroxylation sites is 1. The average molecular weight is 253 g/mol. The second-order valence-corrected chi connectivity index (χ2v) is 5.15. The van der Waals surface area contributed by atoms with Crippen molar-refractivity contribution in [2.24, 2.45) is 0 Å². The third kappa shape index (κ3) is 2.16. The Kier molecular flexibility index (Phi) is 3.11. The van der Waals surface area contributed by atoms with E-state index in [1.54, 1.807) is 0 Å². The van der Waals surface area contributed by atoms with Gasteiger partial charge in [-0.05, 0) is 43.0 Å². The number of hydrogen-bond acceptors (Lipinski definition) is 3. The van der Waals surface area contributed by atoms with E-state index in [-0.39, 0.29) is 0 Å². The number of nitrogens with zero attached hydrogens (tertiary/aromatic N) is 2. The zero-order valence-electron chi connectivity index (χ0n) is 11.2. The van der Waals surface area contributed by atoms with E-state index in [2.05, 4.69) is 41.1 Å². The molecule has 0 amide bonds. The molecule has 1 fully saturated rings. The number of nitrogen functional groups attached to an aromatic ring is 1. The number of benzene rings is 1. The molecular formula is C16H19N3. The van der Waals surface area contributed by atoms with Gasteiger partial charge < -0.3 is 10.6 Å². The van der Waals surface area contributed by atoms with Crippen molar-refractivity contribution in [1.29, 1.82) is 0 Å². The summed E-state index contributed by atoms with van der Waals surface area (Å²) in [6.45, 7) is 3.13. The maximum Gasteiger partial charge on any atom is 0.0607 e. The fourth-order valence-electron chi connectivity index (χ4n) is 2.89. The number of aryl methyl sites for hydroxylation is 1. The van der Waals surface area contributed by atoms with Crippen molar-refractivity contribution in [2.75, 3.05) is 17.2 Å². The molecule has 0 radical (unpaired) electrons. The van der Waals surface area contributed by atoms with Gasteiger partial charge in [-0.25, -0.2) is 0 Å². The first kappa shape index (κ1) is 12.0. The van der Waals surface area contributed by atoms with Crippen LogP contribution in [0.5, 0.6) is 0 Å². The molecule has 19 heavy (non-hydrogen) atoms. The van der Waals surface area contributed by atoms with Gasteiger partial charge in [-0.2, -0.15) is 0 Å². The Labute approximate surface area is 114 Å². The van der Waals surface area contributed by atoms with Crippen molar-refractivity contribution in [1.82, 2.24) is 4.98 Å². The highest BCUT2D eigenvalue weighted by Gasteiger charge is 2.27. The molecule has 2 aromatic rings. The predicted molar refractivity (Wildman–Crippen MR) is 79.1 cm³/mol. The average Bonchev–Trinajstić information content (AvgIpc) is 2.92. The second-order valence-electron chi connectivity index (χ2n) is 5.15. The summed E-state index contributed by atoms with van der Waals surface area (Å²) in [4.78, 5) is 6.66. The molecule has 1 aliphatic heterocycles. The van der Waals surface area contributed by atoms with Gasteiger partial charge in [0, 0.05) is 18.9 Å². The minimum Gasteiger partial charge on any atom is -0.397 e. The number of pyridine rings is 1. The van der Waals surface area contributed by atoms with Crippen molar-refractivity contribution in [3.8, 4) is 0 Å². The van der Waals surface area contributed by atoms with E-state index in [0.717, 1.165) is 23.5 Å². The van der Waals surface area contributed by atoms with Gasteiger partial charge in [0.25, 0.3) is 0 Å². The summed E-state index contributed by atoms with van der Waals surface area (Å²) < 4.78 is 0. The standard InChI is InChI=1S/C16H19N3/c1-12-5-2-7-15(16(12)17)19-10-4-8-14(19)13-6-3-9-18-11-13/h2-3,5-7,9,11,14H,4,8,10,17H2,1H3. The number of hydrogen-bond donors (Lipinski definition) is 1. The molecule has 1 aromatic carbocycles. The lowest BCUT2D eigenvalue weighted by molar-refractivity contribution is 0.716. The molecule has 3 rings (SSSR count). The minimum atomic E-state index is 0.401. The van der Waals surface area contributed by atoms with E-state index in [4.69, 9.17) is 5.73 Å². The Hall–Kier alpha value is -2.03. The Morgan fingerprint density at radius 2 is 2.16 bits per heavy atom. The molecule has 0 saturated carbocycles. The van der Waals surface area contributed by atoms with Crippen molar-refractivity contribution < 1.29 is 0 Å². The number of anilines is 2. The van der Waals surface area contributed by atoms with Crippen molar-refractivity contribution in [3.63, 3.8) is 0 Å². The maximum absolute atomic E-state index is 6.25. The first-order valence-electron chi connectivity index (χ1n) is 6.79. The lowest BCUT2D eigenvalue weighted by Gasteiger charge is -2.28. The monoisotopic (exact) mass is 253 g/mol. The van der Waals surface area contributed by atoms with E-state index in [1.807, 2.05) is 18.5 Å². The molecule has 2 N–H and O–H groups in total. The normalized spacial score (nSPS) is 18.8. The van der Waals surface area contributed by atoms with E-state index < -0.39 is 0 Å². The Balaban J connectivity index is 1.98. The molecular weight excluding hydrogens is 234 g/mol. The molecule has 1 atom stereocenters. The van der Waals surface area contributed by atoms with Crippen LogP contribution in [0, 0.1) is 6.92 Å². The van der Waals surface area contributed by atoms with E-state index in [9.17, 15) is 0 Å². The van der Waals surface area contributed by atoms with Gasteiger partial charge in [0.05, 0.1) is 17.4 Å². The first-order valence-corrected chi connectivity index (χ1v) is 6.79. The zero-order valence-corrected chi connectivity index (χ0v) is 11.2. The van der Waals surface area contributed by atoms with Crippen LogP contribution in [0.1, 0.15) is 30.0 Å². The summed E-state index contributed by atoms with van der Waals surface area (Å²) in [6.07, 6.45) is 6.16. The molecule has 1 aromatic heterocycles. The number of rotatable bonds is 2. The Morgan fingerprint density at radius 3 is 2.95 bits per heavy atom. The second kappa shape index (κ2) is 4.92. The molecule has 0 aliphatic carbocycles. The summed E-state index contributed by atoms with van der Waals surface area (Å²) in [5, 5.41) is 0. The molecule has 3 nitrogen and oxygen atoms in total. The molecule has 0 spiro atoms. The van der Waals surface area contributed by atoms with Crippen molar-refractivity contribution in [3.05, 3.63) is 53.9 Å². The largest absolute Gasteiger partial charge is 0.397 e. The maximum atomic E-state index is 6.25. The van der Waals surface area contributed by atoms with Crippen LogP contribution in [0.2, 0.25) is 0 Å². The third-order valence-electron chi connectivity index (χ3n) is 3.93. The van der Waals surface area contributed by atoms with Crippen LogP contribution in [-0.2, 0) is 0 Å². The topological polar surface area (TPSA) is 42.2 Å². The molecule has 3 heteroatoms. The Morgan fingerprint density at radius 1 is 1.26 bits per heavy atom.